The molecule has 0 aliphatic rings. The summed E-state index contributed by atoms with van der Waals surface area (Å²) in [6, 6.07) is 5.08. The van der Waals surface area contributed by atoms with Crippen LogP contribution in [0.1, 0.15) is 33.6 Å². The van der Waals surface area contributed by atoms with Gasteiger partial charge in [-0.25, -0.2) is 4.39 Å². The minimum atomic E-state index is -0.250. The van der Waals surface area contributed by atoms with Crippen LogP contribution >= 0.6 is 12.2 Å². The van der Waals surface area contributed by atoms with Crippen molar-refractivity contribution >= 4 is 23.3 Å². The molecule has 0 atom stereocenters. The van der Waals surface area contributed by atoms with Crippen molar-refractivity contribution in [2.45, 2.75) is 39.2 Å². The summed E-state index contributed by atoms with van der Waals surface area (Å²) in [6.45, 7) is 6.40. The molecule has 1 N–H and O–H groups in total. The highest BCUT2D eigenvalue weighted by Gasteiger charge is 2.23. The number of benzene rings is 1. The molecule has 0 aliphatic carbocycles. The molecular formula is C13H17FN2S. The zero-order valence-corrected chi connectivity index (χ0v) is 11.2. The molecule has 2 aromatic rings. The quantitative estimate of drug-likeness (QED) is 0.804. The van der Waals surface area contributed by atoms with Crippen molar-refractivity contribution in [3.05, 3.63) is 28.8 Å². The lowest BCUT2D eigenvalue weighted by molar-refractivity contribution is 0.330. The van der Waals surface area contributed by atoms with E-state index in [-0.39, 0.29) is 11.4 Å². The molecule has 1 heterocycles. The Morgan fingerprint density at radius 1 is 1.41 bits per heavy atom. The number of rotatable bonds is 3. The summed E-state index contributed by atoms with van der Waals surface area (Å²) in [7, 11) is 0. The second-order valence-electron chi connectivity index (χ2n) is 4.96. The van der Waals surface area contributed by atoms with Crippen molar-refractivity contribution in [2.24, 2.45) is 0 Å². The van der Waals surface area contributed by atoms with Crippen LogP contribution in [0.25, 0.3) is 11.0 Å². The van der Waals surface area contributed by atoms with E-state index in [1.54, 1.807) is 6.07 Å². The van der Waals surface area contributed by atoms with Crippen molar-refractivity contribution in [3.8, 4) is 0 Å². The van der Waals surface area contributed by atoms with Crippen molar-refractivity contribution in [2.75, 3.05) is 0 Å². The van der Waals surface area contributed by atoms with Crippen LogP contribution in [0.3, 0.4) is 0 Å². The predicted octanol–water partition coefficient (Wildman–Crippen LogP) is 4.37. The fraction of sp³-hybridized carbons (Fsp3) is 0.462. The Morgan fingerprint density at radius 2 is 2.12 bits per heavy atom. The second-order valence-corrected chi connectivity index (χ2v) is 5.35. The summed E-state index contributed by atoms with van der Waals surface area (Å²) in [5.74, 6) is -0.250. The molecule has 17 heavy (non-hydrogen) atoms. The highest BCUT2D eigenvalue weighted by Crippen LogP contribution is 2.28. The van der Waals surface area contributed by atoms with Gasteiger partial charge < -0.3 is 9.55 Å². The van der Waals surface area contributed by atoms with Crippen molar-refractivity contribution in [1.29, 1.82) is 0 Å². The number of halogens is 1. The number of fused-ring (bicyclic) bond motifs is 1. The van der Waals surface area contributed by atoms with Crippen molar-refractivity contribution in [1.82, 2.24) is 9.55 Å². The minimum Gasteiger partial charge on any atom is -0.328 e. The average Bonchev–Trinajstić information content (AvgIpc) is 2.56. The minimum absolute atomic E-state index is 0.0993. The number of para-hydroxylation sites is 1. The van der Waals surface area contributed by atoms with Gasteiger partial charge in [0.1, 0.15) is 11.3 Å². The first-order chi connectivity index (χ1) is 7.97. The third-order valence-electron chi connectivity index (χ3n) is 3.13. The van der Waals surface area contributed by atoms with Crippen LogP contribution in [0.4, 0.5) is 4.39 Å². The average molecular weight is 252 g/mol. The summed E-state index contributed by atoms with van der Waals surface area (Å²) in [5, 5.41) is 0. The van der Waals surface area contributed by atoms with E-state index in [9.17, 15) is 4.39 Å². The van der Waals surface area contributed by atoms with Crippen molar-refractivity contribution < 1.29 is 4.39 Å². The molecule has 0 bridgehead atoms. The first-order valence-corrected chi connectivity index (χ1v) is 6.28. The Morgan fingerprint density at radius 3 is 2.76 bits per heavy atom. The lowest BCUT2D eigenvalue weighted by Crippen LogP contribution is -2.25. The maximum atomic E-state index is 13.7. The summed E-state index contributed by atoms with van der Waals surface area (Å²) in [6.07, 6.45) is 2.07. The van der Waals surface area contributed by atoms with Gasteiger partial charge in [0.15, 0.2) is 4.77 Å². The molecule has 2 rings (SSSR count). The monoisotopic (exact) mass is 252 g/mol. The third-order valence-corrected chi connectivity index (χ3v) is 3.42. The van der Waals surface area contributed by atoms with Crippen molar-refractivity contribution in [3.63, 3.8) is 0 Å². The molecule has 1 aromatic heterocycles. The van der Waals surface area contributed by atoms with Gasteiger partial charge in [-0.05, 0) is 44.6 Å². The van der Waals surface area contributed by atoms with Gasteiger partial charge in [0.2, 0.25) is 0 Å². The van der Waals surface area contributed by atoms with E-state index in [4.69, 9.17) is 12.2 Å². The highest BCUT2D eigenvalue weighted by molar-refractivity contribution is 7.71. The number of aromatic amines is 1. The molecule has 2 nitrogen and oxygen atoms in total. The molecule has 1 aromatic carbocycles. The standard InChI is InChI=1S/C13H17FN2S/c1-4-8-13(2,3)16-10-7-5-6-9(14)11(10)15-12(16)17/h5-7H,4,8H2,1-3H3,(H,15,17). The lowest BCUT2D eigenvalue weighted by atomic mass is 9.98. The first-order valence-electron chi connectivity index (χ1n) is 5.87. The van der Waals surface area contributed by atoms with Crippen LogP contribution in [0.15, 0.2) is 18.2 Å². The zero-order valence-electron chi connectivity index (χ0n) is 10.4. The summed E-state index contributed by atoms with van der Waals surface area (Å²) in [4.78, 5) is 2.96. The maximum absolute atomic E-state index is 13.7. The van der Waals surface area contributed by atoms with E-state index in [1.807, 2.05) is 10.6 Å². The van der Waals surface area contributed by atoms with Gasteiger partial charge in [-0.2, -0.15) is 0 Å². The molecule has 92 valence electrons. The van der Waals surface area contributed by atoms with Crippen LogP contribution in [0.2, 0.25) is 0 Å². The maximum Gasteiger partial charge on any atom is 0.178 e. The fourth-order valence-electron chi connectivity index (χ4n) is 2.42. The normalized spacial score (nSPS) is 12.2. The molecule has 0 spiro atoms. The van der Waals surface area contributed by atoms with E-state index < -0.39 is 0 Å². The van der Waals surface area contributed by atoms with E-state index in [0.717, 1.165) is 18.4 Å². The number of aromatic nitrogens is 2. The zero-order chi connectivity index (χ0) is 12.6. The Kier molecular flexibility index (Phi) is 3.08. The van der Waals surface area contributed by atoms with Gasteiger partial charge >= 0.3 is 0 Å². The largest absolute Gasteiger partial charge is 0.328 e. The van der Waals surface area contributed by atoms with Gasteiger partial charge in [0.05, 0.1) is 5.52 Å². The van der Waals surface area contributed by atoms with Gasteiger partial charge in [-0.1, -0.05) is 19.4 Å². The molecule has 0 unspecified atom stereocenters. The molecule has 0 saturated heterocycles. The van der Waals surface area contributed by atoms with E-state index >= 15 is 0 Å². The van der Waals surface area contributed by atoms with Gasteiger partial charge in [0, 0.05) is 5.54 Å². The number of hydrogen-bond donors (Lipinski definition) is 1. The van der Waals surface area contributed by atoms with Crippen LogP contribution in [0.5, 0.6) is 0 Å². The van der Waals surface area contributed by atoms with E-state index in [2.05, 4.69) is 25.8 Å². The number of hydrogen-bond acceptors (Lipinski definition) is 1. The number of imidazole rings is 1. The molecule has 0 aliphatic heterocycles. The summed E-state index contributed by atoms with van der Waals surface area (Å²) in [5.41, 5.74) is 1.24. The van der Waals surface area contributed by atoms with E-state index in [0.29, 0.717) is 10.3 Å². The van der Waals surface area contributed by atoms with E-state index in [1.165, 1.54) is 6.07 Å². The summed E-state index contributed by atoms with van der Waals surface area (Å²) < 4.78 is 16.3. The molecular weight excluding hydrogens is 235 g/mol. The van der Waals surface area contributed by atoms with Crippen LogP contribution < -0.4 is 0 Å². The SMILES string of the molecule is CCCC(C)(C)n1c(=S)[nH]c2c(F)cccc21. The Bertz CT molecular complexity index is 595. The molecule has 0 radical (unpaired) electrons. The molecule has 0 amide bonds. The number of H-pyrrole nitrogens is 1. The molecule has 4 heteroatoms. The molecule has 0 fully saturated rings. The summed E-state index contributed by atoms with van der Waals surface area (Å²) >= 11 is 5.32. The highest BCUT2D eigenvalue weighted by atomic mass is 32.1. The smallest absolute Gasteiger partial charge is 0.178 e. The lowest BCUT2D eigenvalue weighted by Gasteiger charge is -2.27. The number of nitrogens with one attached hydrogen (secondary N) is 1. The first kappa shape index (κ1) is 12.3. The predicted molar refractivity (Wildman–Crippen MR) is 71.3 cm³/mol. The second kappa shape index (κ2) is 4.26. The van der Waals surface area contributed by atoms with Crippen LogP contribution in [0, 0.1) is 10.6 Å². The Hall–Kier alpha value is -1.16. The Balaban J connectivity index is 2.74. The van der Waals surface area contributed by atoms with Crippen LogP contribution in [-0.4, -0.2) is 9.55 Å². The molecule has 0 saturated carbocycles. The van der Waals surface area contributed by atoms with Gasteiger partial charge in [-0.15, -0.1) is 0 Å². The number of nitrogens with zero attached hydrogens (tertiary/aromatic N) is 1. The van der Waals surface area contributed by atoms with Gasteiger partial charge in [-0.3, -0.25) is 0 Å². The van der Waals surface area contributed by atoms with Crippen LogP contribution in [-0.2, 0) is 5.54 Å². The van der Waals surface area contributed by atoms with Gasteiger partial charge in [0.25, 0.3) is 0 Å². The topological polar surface area (TPSA) is 20.7 Å². The Labute approximate surface area is 105 Å². The fourth-order valence-corrected chi connectivity index (χ4v) is 2.87. The third kappa shape index (κ3) is 2.02.